The molecule has 1 saturated carbocycles. The van der Waals surface area contributed by atoms with Crippen molar-refractivity contribution < 1.29 is 44.4 Å². The lowest BCUT2D eigenvalue weighted by atomic mass is 10.1. The van der Waals surface area contributed by atoms with Crippen LogP contribution in [0, 0.1) is 0 Å². The molecule has 1 rings (SSSR count). The van der Waals surface area contributed by atoms with Gasteiger partial charge in [-0.15, -0.1) is 0 Å². The Morgan fingerprint density at radius 2 is 1.41 bits per heavy atom. The molecular formula is C19H39F5O5Si3. The zero-order chi connectivity index (χ0) is 25.2. The zero-order valence-electron chi connectivity index (χ0n) is 20.6. The summed E-state index contributed by atoms with van der Waals surface area (Å²) in [6.07, 6.45) is -4.21. The van der Waals surface area contributed by atoms with Crippen LogP contribution in [0.5, 0.6) is 0 Å². The first-order valence-corrected chi connectivity index (χ1v) is 19.4. The van der Waals surface area contributed by atoms with Gasteiger partial charge in [-0.1, -0.05) is 19.6 Å². The Hall–Kier alpha value is 0.101. The Balaban J connectivity index is 3.02. The molecule has 32 heavy (non-hydrogen) atoms. The second-order valence-corrected chi connectivity index (χ2v) is 23.4. The molecule has 5 nitrogen and oxygen atoms in total. The quantitative estimate of drug-likeness (QED) is 0.159. The second-order valence-electron chi connectivity index (χ2n) is 10.4. The molecule has 0 bridgehead atoms. The van der Waals surface area contributed by atoms with Gasteiger partial charge in [-0.25, -0.2) is 0 Å². The summed E-state index contributed by atoms with van der Waals surface area (Å²) < 4.78 is 91.8. The van der Waals surface area contributed by atoms with Crippen LogP contribution < -0.4 is 0 Å². The van der Waals surface area contributed by atoms with E-state index in [2.05, 4.69) is 39.3 Å². The standard InChI is InChI=1S/C19H39F5O5Si3/c1-25-32(26-2,27-3)16-13-17(16,30(4,5)6)15(29-31(7,8)9)11-10-12-28-14-18(20,21)19(22,23)24/h15-16H,10-14H2,1-9H3. The molecule has 0 aromatic rings. The third kappa shape index (κ3) is 6.61. The van der Waals surface area contributed by atoms with Crippen molar-refractivity contribution in [3.8, 4) is 0 Å². The molecule has 0 spiro atoms. The largest absolute Gasteiger partial charge is 0.503 e. The molecule has 1 aliphatic rings. The summed E-state index contributed by atoms with van der Waals surface area (Å²) in [6, 6.07) is 0. The van der Waals surface area contributed by atoms with Gasteiger partial charge in [0, 0.05) is 39.6 Å². The number of hydrogen-bond acceptors (Lipinski definition) is 5. The minimum atomic E-state index is -5.62. The summed E-state index contributed by atoms with van der Waals surface area (Å²) in [5.74, 6) is -4.86. The molecule has 0 aliphatic heterocycles. The van der Waals surface area contributed by atoms with E-state index < -0.39 is 43.9 Å². The van der Waals surface area contributed by atoms with E-state index in [9.17, 15) is 22.0 Å². The highest BCUT2D eigenvalue weighted by Crippen LogP contribution is 2.77. The summed E-state index contributed by atoms with van der Waals surface area (Å²) in [4.78, 5) is 0. The van der Waals surface area contributed by atoms with E-state index in [1.165, 1.54) is 0 Å². The van der Waals surface area contributed by atoms with Gasteiger partial charge in [-0.2, -0.15) is 22.0 Å². The lowest BCUT2D eigenvalue weighted by Crippen LogP contribution is -2.51. The summed E-state index contributed by atoms with van der Waals surface area (Å²) >= 11 is 0. The smallest absolute Gasteiger partial charge is 0.414 e. The summed E-state index contributed by atoms with van der Waals surface area (Å²) in [5.41, 5.74) is 0.0403. The van der Waals surface area contributed by atoms with Gasteiger partial charge in [0.05, 0.1) is 8.07 Å². The normalized spacial score (nSPS) is 24.0. The van der Waals surface area contributed by atoms with Gasteiger partial charge in [-0.3, -0.25) is 0 Å². The fourth-order valence-electron chi connectivity index (χ4n) is 4.57. The van der Waals surface area contributed by atoms with Crippen molar-refractivity contribution in [2.45, 2.75) is 87.3 Å². The first-order valence-electron chi connectivity index (χ1n) is 10.7. The van der Waals surface area contributed by atoms with Crippen LogP contribution in [-0.4, -0.2) is 77.9 Å². The van der Waals surface area contributed by atoms with Crippen LogP contribution in [0.25, 0.3) is 0 Å². The van der Waals surface area contributed by atoms with Crippen LogP contribution in [0.2, 0.25) is 49.9 Å². The predicted molar refractivity (Wildman–Crippen MR) is 120 cm³/mol. The number of ether oxygens (including phenoxy) is 1. The van der Waals surface area contributed by atoms with E-state index in [0.717, 1.165) is 6.42 Å². The Labute approximate surface area is 191 Å². The molecule has 0 radical (unpaired) electrons. The van der Waals surface area contributed by atoms with Gasteiger partial charge in [0.15, 0.2) is 8.32 Å². The van der Waals surface area contributed by atoms with Crippen molar-refractivity contribution >= 4 is 25.2 Å². The maximum atomic E-state index is 13.1. The third-order valence-electron chi connectivity index (χ3n) is 6.20. The molecule has 0 amide bonds. The van der Waals surface area contributed by atoms with Crippen LogP contribution in [0.4, 0.5) is 22.0 Å². The number of hydrogen-bond donors (Lipinski definition) is 0. The zero-order valence-corrected chi connectivity index (χ0v) is 23.6. The van der Waals surface area contributed by atoms with Crippen LogP contribution in [0.3, 0.4) is 0 Å². The molecule has 3 unspecified atom stereocenters. The average Bonchev–Trinajstić information content (AvgIpc) is 3.38. The molecule has 0 saturated heterocycles. The Kier molecular flexibility index (Phi) is 9.77. The first-order chi connectivity index (χ1) is 14.3. The van der Waals surface area contributed by atoms with Crippen LogP contribution >= 0.6 is 0 Å². The second kappa shape index (κ2) is 10.4. The summed E-state index contributed by atoms with van der Waals surface area (Å²) in [6.45, 7) is 11.1. The Morgan fingerprint density at radius 1 is 0.906 bits per heavy atom. The highest BCUT2D eigenvalue weighted by Gasteiger charge is 2.76. The minimum absolute atomic E-state index is 0.0403. The highest BCUT2D eigenvalue weighted by atomic mass is 28.4. The van der Waals surface area contributed by atoms with Crippen molar-refractivity contribution in [1.29, 1.82) is 0 Å². The predicted octanol–water partition coefficient (Wildman–Crippen LogP) is 5.93. The monoisotopic (exact) mass is 526 g/mol. The number of halogens is 5. The Bertz CT molecular complexity index is 597. The van der Waals surface area contributed by atoms with E-state index >= 15 is 0 Å². The van der Waals surface area contributed by atoms with Gasteiger partial charge in [0.2, 0.25) is 0 Å². The molecule has 192 valence electrons. The minimum Gasteiger partial charge on any atom is -0.414 e. The van der Waals surface area contributed by atoms with Crippen LogP contribution in [0.1, 0.15) is 19.3 Å². The topological polar surface area (TPSA) is 46.2 Å². The summed E-state index contributed by atoms with van der Waals surface area (Å²) in [5, 5.41) is -0.211. The number of alkyl halides is 5. The third-order valence-corrected chi connectivity index (χ3v) is 14.4. The lowest BCUT2D eigenvalue weighted by molar-refractivity contribution is -0.296. The van der Waals surface area contributed by atoms with E-state index in [-0.39, 0.29) is 23.3 Å². The Morgan fingerprint density at radius 3 is 1.78 bits per heavy atom. The molecule has 0 aromatic carbocycles. The fraction of sp³-hybridized carbons (Fsp3) is 1.00. The van der Waals surface area contributed by atoms with Gasteiger partial charge in [0.1, 0.15) is 6.61 Å². The molecule has 13 heteroatoms. The van der Waals surface area contributed by atoms with Crippen molar-refractivity contribution in [1.82, 2.24) is 0 Å². The summed E-state index contributed by atoms with van der Waals surface area (Å²) in [7, 11) is -2.12. The van der Waals surface area contributed by atoms with Gasteiger partial charge < -0.3 is 22.4 Å². The molecule has 0 heterocycles. The van der Waals surface area contributed by atoms with Gasteiger partial charge in [0.25, 0.3) is 0 Å². The average molecular weight is 527 g/mol. The molecular weight excluding hydrogens is 487 g/mol. The van der Waals surface area contributed by atoms with Crippen molar-refractivity contribution in [3.05, 3.63) is 0 Å². The van der Waals surface area contributed by atoms with E-state index in [0.29, 0.717) is 12.8 Å². The molecule has 1 fully saturated rings. The first kappa shape index (κ1) is 30.1. The van der Waals surface area contributed by atoms with E-state index in [4.69, 9.17) is 22.4 Å². The van der Waals surface area contributed by atoms with Crippen molar-refractivity contribution in [2.24, 2.45) is 0 Å². The van der Waals surface area contributed by atoms with Crippen molar-refractivity contribution in [2.75, 3.05) is 34.5 Å². The molecule has 0 aromatic heterocycles. The lowest BCUT2D eigenvalue weighted by Gasteiger charge is -2.42. The van der Waals surface area contributed by atoms with Gasteiger partial charge in [-0.05, 0) is 43.9 Å². The van der Waals surface area contributed by atoms with E-state index in [1.807, 2.05) is 0 Å². The van der Waals surface area contributed by atoms with Gasteiger partial charge >= 0.3 is 20.9 Å². The number of rotatable bonds is 14. The molecule has 1 aliphatic carbocycles. The van der Waals surface area contributed by atoms with Crippen LogP contribution in [0.15, 0.2) is 0 Å². The molecule has 0 N–H and O–H groups in total. The molecule has 3 atom stereocenters. The maximum absolute atomic E-state index is 13.1. The van der Waals surface area contributed by atoms with Crippen LogP contribution in [-0.2, 0) is 22.4 Å². The SMILES string of the molecule is CO[Si](OC)(OC)C1CC1(C(CCCOCC(F)(F)C(F)(F)F)O[Si](C)(C)C)[Si](C)(C)C. The van der Waals surface area contributed by atoms with Crippen molar-refractivity contribution in [3.63, 3.8) is 0 Å². The fourth-order valence-corrected chi connectivity index (χ4v) is 13.7. The maximum Gasteiger partial charge on any atom is 0.503 e. The van der Waals surface area contributed by atoms with E-state index in [1.54, 1.807) is 21.3 Å². The highest BCUT2D eigenvalue weighted by molar-refractivity contribution is 6.83.